The normalized spacial score (nSPS) is 13.4. The number of methoxy groups -OCH3 is 3. The van der Waals surface area contributed by atoms with E-state index in [2.05, 4.69) is 5.32 Å². The summed E-state index contributed by atoms with van der Waals surface area (Å²) >= 11 is 0. The number of hydrogen-bond acceptors (Lipinski definition) is 6. The number of anilines is 1. The quantitative estimate of drug-likeness (QED) is 0.505. The van der Waals surface area contributed by atoms with Gasteiger partial charge in [0.2, 0.25) is 0 Å². The number of rotatable bonds is 8. The fourth-order valence-corrected chi connectivity index (χ4v) is 3.70. The molecule has 0 unspecified atom stereocenters. The average molecular weight is 462 g/mol. The summed E-state index contributed by atoms with van der Waals surface area (Å²) in [5.41, 5.74) is 1.40. The number of halogens is 1. The highest BCUT2D eigenvalue weighted by Crippen LogP contribution is 2.36. The second-order valence-electron chi connectivity index (χ2n) is 7.46. The molecule has 0 bridgehead atoms. The van der Waals surface area contributed by atoms with E-state index in [4.69, 9.17) is 14.2 Å². The van der Waals surface area contributed by atoms with Crippen LogP contribution in [0.3, 0.4) is 0 Å². The Kier molecular flexibility index (Phi) is 6.49. The zero-order chi connectivity index (χ0) is 24.2. The third-order valence-electron chi connectivity index (χ3n) is 5.50. The van der Waals surface area contributed by atoms with Crippen molar-refractivity contribution in [1.82, 2.24) is 4.90 Å². The van der Waals surface area contributed by atoms with E-state index in [9.17, 15) is 14.0 Å². The molecule has 0 spiro atoms. The fourth-order valence-electron chi connectivity index (χ4n) is 3.70. The van der Waals surface area contributed by atoms with Crippen LogP contribution in [0.25, 0.3) is 5.57 Å². The van der Waals surface area contributed by atoms with Gasteiger partial charge >= 0.3 is 0 Å². The molecule has 2 amide bonds. The predicted octanol–water partition coefficient (Wildman–Crippen LogP) is 4.24. The van der Waals surface area contributed by atoms with Crippen LogP contribution >= 0.6 is 0 Å². The minimum Gasteiger partial charge on any atom is -0.497 e. The molecule has 1 N–H and O–H groups in total. The third-order valence-corrected chi connectivity index (χ3v) is 5.50. The molecule has 0 saturated heterocycles. The van der Waals surface area contributed by atoms with Gasteiger partial charge in [-0.15, -0.1) is 0 Å². The van der Waals surface area contributed by atoms with Gasteiger partial charge in [0.25, 0.3) is 11.8 Å². The van der Waals surface area contributed by atoms with Crippen molar-refractivity contribution in [3.8, 4) is 17.2 Å². The minimum absolute atomic E-state index is 0.0538. The van der Waals surface area contributed by atoms with Crippen molar-refractivity contribution in [2.75, 3.05) is 26.6 Å². The molecule has 1 aliphatic heterocycles. The van der Waals surface area contributed by atoms with Crippen LogP contribution in [0.2, 0.25) is 0 Å². The highest BCUT2D eigenvalue weighted by Gasteiger charge is 2.39. The number of carbonyl (C=O) groups is 2. The lowest BCUT2D eigenvalue weighted by Gasteiger charge is -2.16. The Morgan fingerprint density at radius 1 is 0.824 bits per heavy atom. The summed E-state index contributed by atoms with van der Waals surface area (Å²) in [7, 11) is 4.56. The first-order chi connectivity index (χ1) is 16.5. The van der Waals surface area contributed by atoms with Gasteiger partial charge in [0.1, 0.15) is 28.8 Å². The zero-order valence-electron chi connectivity index (χ0n) is 18.9. The number of imide groups is 1. The highest BCUT2D eigenvalue weighted by molar-refractivity contribution is 6.36. The van der Waals surface area contributed by atoms with Crippen LogP contribution in [0.1, 0.15) is 11.1 Å². The van der Waals surface area contributed by atoms with E-state index in [0.29, 0.717) is 28.5 Å². The SMILES string of the molecule is COc1ccc(C2=C(Nc3cc(OC)ccc3OC)C(=O)N(Cc3ccccc3F)C2=O)cc1. The standard InChI is InChI=1S/C26H23FN2O5/c1-32-18-10-8-16(9-11-18)23-24(28-21-14-19(33-2)12-13-22(21)34-3)26(31)29(25(23)30)15-17-6-4-5-7-20(17)27/h4-14,28H,15H2,1-3H3. The predicted molar refractivity (Wildman–Crippen MR) is 125 cm³/mol. The van der Waals surface area contributed by atoms with E-state index in [1.54, 1.807) is 60.7 Å². The first-order valence-corrected chi connectivity index (χ1v) is 10.4. The molecule has 4 rings (SSSR count). The number of carbonyl (C=O) groups excluding carboxylic acids is 2. The number of ether oxygens (including phenoxy) is 3. The molecule has 3 aromatic carbocycles. The van der Waals surface area contributed by atoms with Gasteiger partial charge in [-0.2, -0.15) is 0 Å². The highest BCUT2D eigenvalue weighted by atomic mass is 19.1. The number of hydrogen-bond donors (Lipinski definition) is 1. The second kappa shape index (κ2) is 9.66. The third kappa shape index (κ3) is 4.30. The molecule has 0 atom stereocenters. The monoisotopic (exact) mass is 462 g/mol. The molecule has 7 nitrogen and oxygen atoms in total. The fraction of sp³-hybridized carbons (Fsp3) is 0.154. The van der Waals surface area contributed by atoms with Gasteiger partial charge in [-0.25, -0.2) is 4.39 Å². The molecule has 3 aromatic rings. The summed E-state index contributed by atoms with van der Waals surface area (Å²) in [5, 5.41) is 3.06. The largest absolute Gasteiger partial charge is 0.497 e. The van der Waals surface area contributed by atoms with Crippen LogP contribution in [-0.4, -0.2) is 38.0 Å². The van der Waals surface area contributed by atoms with Gasteiger partial charge in [-0.05, 0) is 35.9 Å². The lowest BCUT2D eigenvalue weighted by atomic mass is 10.0. The van der Waals surface area contributed by atoms with Gasteiger partial charge in [0.15, 0.2) is 0 Å². The summed E-state index contributed by atoms with van der Waals surface area (Å²) in [5.74, 6) is -0.0184. The number of benzene rings is 3. The first kappa shape index (κ1) is 22.8. The summed E-state index contributed by atoms with van der Waals surface area (Å²) in [6.07, 6.45) is 0. The molecule has 1 heterocycles. The molecule has 174 valence electrons. The molecule has 0 aromatic heterocycles. The van der Waals surface area contributed by atoms with Crippen molar-refractivity contribution in [2.45, 2.75) is 6.54 Å². The van der Waals surface area contributed by atoms with E-state index in [1.165, 1.54) is 27.4 Å². The van der Waals surface area contributed by atoms with Crippen LogP contribution in [0, 0.1) is 5.82 Å². The molecule has 0 fully saturated rings. The van der Waals surface area contributed by atoms with Crippen LogP contribution in [0.5, 0.6) is 17.2 Å². The Morgan fingerprint density at radius 3 is 2.15 bits per heavy atom. The molecule has 34 heavy (non-hydrogen) atoms. The van der Waals surface area contributed by atoms with Gasteiger partial charge in [-0.3, -0.25) is 14.5 Å². The van der Waals surface area contributed by atoms with Crippen LogP contribution in [0.4, 0.5) is 10.1 Å². The van der Waals surface area contributed by atoms with Crippen LogP contribution < -0.4 is 19.5 Å². The number of amides is 2. The van der Waals surface area contributed by atoms with Gasteiger partial charge in [0.05, 0.1) is 39.1 Å². The number of nitrogens with zero attached hydrogens (tertiary/aromatic N) is 1. The second-order valence-corrected chi connectivity index (χ2v) is 7.46. The molecule has 1 aliphatic rings. The van der Waals surface area contributed by atoms with Crippen molar-refractivity contribution < 1.29 is 28.2 Å². The van der Waals surface area contributed by atoms with E-state index in [1.807, 2.05) is 0 Å². The lowest BCUT2D eigenvalue weighted by Crippen LogP contribution is -2.32. The maximum absolute atomic E-state index is 14.3. The maximum Gasteiger partial charge on any atom is 0.278 e. The Bertz CT molecular complexity index is 1270. The topological polar surface area (TPSA) is 77.1 Å². The summed E-state index contributed by atoms with van der Waals surface area (Å²) in [6, 6.07) is 17.9. The van der Waals surface area contributed by atoms with Crippen LogP contribution in [-0.2, 0) is 16.1 Å². The first-order valence-electron chi connectivity index (χ1n) is 10.4. The Hall–Kier alpha value is -4.33. The van der Waals surface area contributed by atoms with Gasteiger partial charge in [0, 0.05) is 11.6 Å². The Labute approximate surface area is 196 Å². The minimum atomic E-state index is -0.580. The van der Waals surface area contributed by atoms with Crippen molar-refractivity contribution in [2.24, 2.45) is 0 Å². The smallest absolute Gasteiger partial charge is 0.278 e. The molecule has 0 aliphatic carbocycles. The van der Waals surface area contributed by atoms with E-state index in [0.717, 1.165) is 4.90 Å². The van der Waals surface area contributed by atoms with Gasteiger partial charge < -0.3 is 19.5 Å². The molecule has 0 saturated carbocycles. The lowest BCUT2D eigenvalue weighted by molar-refractivity contribution is -0.137. The molecular weight excluding hydrogens is 439 g/mol. The van der Waals surface area contributed by atoms with Gasteiger partial charge in [-0.1, -0.05) is 30.3 Å². The molecular formula is C26H23FN2O5. The summed E-state index contributed by atoms with van der Waals surface area (Å²) < 4.78 is 30.2. The van der Waals surface area contributed by atoms with Crippen LogP contribution in [0.15, 0.2) is 72.4 Å². The Balaban J connectivity index is 1.79. The summed E-state index contributed by atoms with van der Waals surface area (Å²) in [4.78, 5) is 27.9. The van der Waals surface area contributed by atoms with Crippen molar-refractivity contribution in [1.29, 1.82) is 0 Å². The van der Waals surface area contributed by atoms with E-state index in [-0.39, 0.29) is 23.4 Å². The zero-order valence-corrected chi connectivity index (χ0v) is 18.9. The van der Waals surface area contributed by atoms with Crippen molar-refractivity contribution in [3.63, 3.8) is 0 Å². The molecule has 8 heteroatoms. The number of nitrogens with one attached hydrogen (secondary N) is 1. The summed E-state index contributed by atoms with van der Waals surface area (Å²) in [6.45, 7) is -0.204. The average Bonchev–Trinajstić information content (AvgIpc) is 3.09. The van der Waals surface area contributed by atoms with E-state index < -0.39 is 17.6 Å². The van der Waals surface area contributed by atoms with E-state index >= 15 is 0 Å². The maximum atomic E-state index is 14.3. The van der Waals surface area contributed by atoms with Crippen molar-refractivity contribution in [3.05, 3.63) is 89.4 Å². The molecule has 0 radical (unpaired) electrons. The van der Waals surface area contributed by atoms with Crippen molar-refractivity contribution >= 4 is 23.1 Å². The Morgan fingerprint density at radius 2 is 1.50 bits per heavy atom.